The molecule has 0 radical (unpaired) electrons. The lowest BCUT2D eigenvalue weighted by Crippen LogP contribution is -2.64. The van der Waals surface area contributed by atoms with Crippen molar-refractivity contribution in [1.29, 1.82) is 0 Å². The second kappa shape index (κ2) is 33.9. The molecule has 5 heterocycles. The molecule has 0 aliphatic carbocycles. The number of nitrogens with two attached hydrogens (primary N) is 2. The van der Waals surface area contributed by atoms with Gasteiger partial charge in [-0.15, -0.1) is 0 Å². The Labute approximate surface area is 573 Å². The minimum Gasteiger partial charge on any atom is -0.508 e. The predicted molar refractivity (Wildman–Crippen MR) is 366 cm³/mol. The number of carbonyl (C=O) groups is 10. The summed E-state index contributed by atoms with van der Waals surface area (Å²) in [5.41, 5.74) is 14.3. The zero-order valence-electron chi connectivity index (χ0n) is 54.9. The number of amides is 10. The van der Waals surface area contributed by atoms with Crippen LogP contribution in [0.5, 0.6) is 5.75 Å². The lowest BCUT2D eigenvalue weighted by Gasteiger charge is -2.37. The number of rotatable bonds is 13. The fourth-order valence-corrected chi connectivity index (χ4v) is 14.6. The fourth-order valence-electron chi connectivity index (χ4n) is 12.6. The van der Waals surface area contributed by atoms with Crippen LogP contribution in [0, 0.1) is 11.6 Å². The molecule has 6 aromatic rings. The number of phenolic OH excluding ortho intramolecular Hbond substituents is 1. The summed E-state index contributed by atoms with van der Waals surface area (Å²) in [5, 5.41) is 30.2. The normalized spacial score (nSPS) is 24.1. The summed E-state index contributed by atoms with van der Waals surface area (Å²) in [7, 11) is 1.31. The van der Waals surface area contributed by atoms with Gasteiger partial charge in [0.05, 0.1) is 12.6 Å². The van der Waals surface area contributed by atoms with E-state index in [2.05, 4.69) is 47.2 Å². The van der Waals surface area contributed by atoms with Gasteiger partial charge in [0.1, 0.15) is 65.2 Å². The number of aromatic amines is 2. The number of thioether (sulfide) groups is 2. The molecule has 25 nitrogen and oxygen atoms in total. The van der Waals surface area contributed by atoms with Gasteiger partial charge in [0, 0.05) is 103 Å². The number of aromatic hydroxyl groups is 1. The van der Waals surface area contributed by atoms with Crippen LogP contribution in [-0.2, 0) is 83.5 Å². The molecule has 524 valence electrons. The van der Waals surface area contributed by atoms with E-state index in [1.54, 1.807) is 31.5 Å². The molecular formula is C69H85F2N13O12S2. The van der Waals surface area contributed by atoms with E-state index in [-0.39, 0.29) is 76.0 Å². The van der Waals surface area contributed by atoms with Gasteiger partial charge in [0.15, 0.2) is 0 Å². The van der Waals surface area contributed by atoms with E-state index in [4.69, 9.17) is 16.2 Å². The number of carbonyl (C=O) groups excluding carboxylic acids is 10. The van der Waals surface area contributed by atoms with Crippen molar-refractivity contribution in [2.75, 3.05) is 44.8 Å². The second-order valence-corrected chi connectivity index (χ2v) is 27.3. The standard InChI is InChI=1S/C69H85F2N13O12S2/c1-39(96-3)60-65(92)80-54(28-40-13-17-47(85)18-14-40)67(94)84-25-8-22-69(84,2)68(95)81-56(61(73)88)38-98-37-42-10-6-9-41(27-42)36-97-26-21-58(86)77-52(11-4-5-23-72)62(89)76-35-59(87)78-53(29-43-33-74-50-19-15-45(70)31-48(43)50)63(90)79-55(66(93)83-24-7-12-57(83)64(91)82-60)30-44-34-75-51-20-16-46(71)32-49(44)51/h6,9-10,13-20,27,31-34,39,52-57,60,74-75,85H,4-5,7-8,11-12,21-26,28-30,35-38,72H2,1-3H3,(H2,73,88)(H,76,89)(H,77,86)(H,78,87)(H,79,90)(H,80,92)(H,81,95)(H,82,91)/t39-,52-,53-,54-,55-,56-,57-,60-,69-/m0/s1. The van der Waals surface area contributed by atoms with Gasteiger partial charge >= 0.3 is 0 Å². The van der Waals surface area contributed by atoms with Gasteiger partial charge < -0.3 is 78.3 Å². The molecule has 9 atom stereocenters. The van der Waals surface area contributed by atoms with Crippen LogP contribution in [0.1, 0.15) is 93.0 Å². The summed E-state index contributed by atoms with van der Waals surface area (Å²) in [4.78, 5) is 153. The third-order valence-electron chi connectivity index (χ3n) is 18.2. The number of hydrogen-bond acceptors (Lipinski definition) is 15. The Morgan fingerprint density at radius 1 is 0.694 bits per heavy atom. The molecule has 0 saturated carbocycles. The van der Waals surface area contributed by atoms with E-state index in [1.807, 2.05) is 24.3 Å². The zero-order valence-corrected chi connectivity index (χ0v) is 56.5. The summed E-state index contributed by atoms with van der Waals surface area (Å²) in [5.74, 6) is -7.29. The van der Waals surface area contributed by atoms with Crippen LogP contribution in [0.4, 0.5) is 8.78 Å². The number of methoxy groups -OCH3 is 1. The number of fused-ring (bicyclic) bond motifs is 6. The van der Waals surface area contributed by atoms with E-state index < -0.39 is 131 Å². The van der Waals surface area contributed by atoms with E-state index in [0.29, 0.717) is 81.6 Å². The molecule has 2 aromatic heterocycles. The number of aromatic nitrogens is 2. The first-order valence-corrected chi connectivity index (χ1v) is 35.1. The molecular weight excluding hydrogens is 1300 g/mol. The van der Waals surface area contributed by atoms with Crippen LogP contribution in [0.3, 0.4) is 0 Å². The summed E-state index contributed by atoms with van der Waals surface area (Å²) >= 11 is 2.84. The monoisotopic (exact) mass is 1390 g/mol. The number of halogens is 2. The van der Waals surface area contributed by atoms with Gasteiger partial charge in [-0.05, 0) is 142 Å². The minimum absolute atomic E-state index is 0.0192. The van der Waals surface area contributed by atoms with E-state index >= 15 is 14.4 Å². The van der Waals surface area contributed by atoms with Crippen LogP contribution < -0.4 is 48.7 Å². The maximum absolute atomic E-state index is 15.4. The van der Waals surface area contributed by atoms with Crippen molar-refractivity contribution < 1.29 is 66.6 Å². The zero-order chi connectivity index (χ0) is 70.2. The molecule has 29 heteroatoms. The van der Waals surface area contributed by atoms with Crippen molar-refractivity contribution in [2.24, 2.45) is 11.5 Å². The van der Waals surface area contributed by atoms with Gasteiger partial charge in [-0.3, -0.25) is 47.9 Å². The molecule has 2 saturated heterocycles. The highest BCUT2D eigenvalue weighted by Crippen LogP contribution is 2.32. The first-order chi connectivity index (χ1) is 47.0. The lowest BCUT2D eigenvalue weighted by atomic mass is 9.95. The average Bonchev–Trinajstić information content (AvgIpc) is 1.60. The van der Waals surface area contributed by atoms with Crippen LogP contribution in [0.15, 0.2) is 97.3 Å². The van der Waals surface area contributed by atoms with Gasteiger partial charge in [-0.1, -0.05) is 36.4 Å². The quantitative estimate of drug-likeness (QED) is 0.0739. The van der Waals surface area contributed by atoms with Gasteiger partial charge in [0.2, 0.25) is 59.1 Å². The Kier molecular flexibility index (Phi) is 25.4. The highest BCUT2D eigenvalue weighted by atomic mass is 32.2. The number of ether oxygens (including phenoxy) is 1. The number of primary amides is 1. The van der Waals surface area contributed by atoms with Gasteiger partial charge in [-0.2, -0.15) is 23.5 Å². The molecule has 14 N–H and O–H groups in total. The van der Waals surface area contributed by atoms with Crippen molar-refractivity contribution in [2.45, 2.75) is 150 Å². The number of benzene rings is 4. The highest BCUT2D eigenvalue weighted by molar-refractivity contribution is 7.98. The molecule has 10 amide bonds. The number of nitrogens with zero attached hydrogens (tertiary/aromatic N) is 2. The largest absolute Gasteiger partial charge is 0.508 e. The average molecular weight is 1390 g/mol. The smallest absolute Gasteiger partial charge is 0.246 e. The summed E-state index contributed by atoms with van der Waals surface area (Å²) in [6.07, 6.45) is 3.40. The predicted octanol–water partition coefficient (Wildman–Crippen LogP) is 3.28. The number of hydrogen-bond donors (Lipinski definition) is 12. The summed E-state index contributed by atoms with van der Waals surface area (Å²) in [6.45, 7) is 2.79. The maximum Gasteiger partial charge on any atom is 0.246 e. The van der Waals surface area contributed by atoms with Crippen molar-refractivity contribution in [1.82, 2.24) is 57.0 Å². The Hall–Kier alpha value is -9.06. The number of H-pyrrole nitrogens is 2. The Balaban J connectivity index is 1.04. The molecule has 3 aliphatic rings. The van der Waals surface area contributed by atoms with Crippen molar-refractivity contribution in [3.8, 4) is 5.75 Å². The van der Waals surface area contributed by atoms with Crippen molar-refractivity contribution in [3.05, 3.63) is 137 Å². The van der Waals surface area contributed by atoms with Crippen LogP contribution in [0.2, 0.25) is 0 Å². The number of phenols is 1. The molecule has 4 aromatic carbocycles. The first kappa shape index (κ1) is 73.2. The summed E-state index contributed by atoms with van der Waals surface area (Å²) in [6, 6.07) is 12.1. The number of unbranched alkanes of at least 4 members (excludes halogenated alkanes) is 1. The Bertz CT molecular complexity index is 3890. The van der Waals surface area contributed by atoms with Crippen LogP contribution >= 0.6 is 23.5 Å². The molecule has 2 fully saturated rings. The molecule has 9 rings (SSSR count). The maximum atomic E-state index is 15.4. The van der Waals surface area contributed by atoms with E-state index in [1.165, 1.54) is 95.9 Å². The Morgan fingerprint density at radius 3 is 1.98 bits per heavy atom. The van der Waals surface area contributed by atoms with Crippen molar-refractivity contribution >= 4 is 104 Å². The molecule has 0 unspecified atom stereocenters. The van der Waals surface area contributed by atoms with E-state index in [0.717, 1.165) is 11.1 Å². The summed E-state index contributed by atoms with van der Waals surface area (Å²) < 4.78 is 35.5. The van der Waals surface area contributed by atoms with Gasteiger partial charge in [-0.25, -0.2) is 8.78 Å². The fraction of sp³-hybridized carbons (Fsp3) is 0.449. The third kappa shape index (κ3) is 18.8. The number of nitrogens with one attached hydrogen (secondary N) is 9. The molecule has 98 heavy (non-hydrogen) atoms. The topological polar surface area (TPSA) is 374 Å². The molecule has 3 aliphatic heterocycles. The van der Waals surface area contributed by atoms with Crippen molar-refractivity contribution in [3.63, 3.8) is 0 Å². The SMILES string of the molecule is CO[C@@H](C)[C@@H]1NC(=O)[C@@H]2CCCN2C(=O)[C@H](Cc2c[nH]c3ccc(F)cc23)NC(=O)[C@H](Cc2c[nH]c3ccc(F)cc23)NC(=O)CNC(=O)[C@H](CCCCN)NC(=O)CCSCc2cccc(c2)CSC[C@@H](C(N)=O)NC(=O)[C@]2(C)CCCN2C(=O)[C@H](Cc2ccc(O)cc2)NC1=O. The van der Waals surface area contributed by atoms with Crippen LogP contribution in [-0.4, -0.2) is 183 Å². The highest BCUT2D eigenvalue weighted by Gasteiger charge is 2.49. The minimum atomic E-state index is -1.55. The van der Waals surface area contributed by atoms with Crippen LogP contribution in [0.25, 0.3) is 21.8 Å². The third-order valence-corrected chi connectivity index (χ3v) is 20.3. The first-order valence-electron chi connectivity index (χ1n) is 32.8. The molecule has 0 spiro atoms. The van der Waals surface area contributed by atoms with Gasteiger partial charge in [0.25, 0.3) is 0 Å². The van der Waals surface area contributed by atoms with E-state index in [9.17, 15) is 47.4 Å². The lowest BCUT2D eigenvalue weighted by molar-refractivity contribution is -0.147. The molecule has 2 bridgehead atoms. The second-order valence-electron chi connectivity index (χ2n) is 25.2. The Morgan fingerprint density at radius 2 is 1.33 bits per heavy atom.